The average Bonchev–Trinajstić information content (AvgIpc) is 2.26. The zero-order chi connectivity index (χ0) is 12.9. The zero-order valence-electron chi connectivity index (χ0n) is 8.91. The second kappa shape index (κ2) is 6.07. The van der Waals surface area contributed by atoms with Gasteiger partial charge in [0.25, 0.3) is 5.12 Å². The second-order valence-electron chi connectivity index (χ2n) is 3.47. The molecule has 0 amide bonds. The second-order valence-corrected chi connectivity index (χ2v) is 4.68. The lowest BCUT2D eigenvalue weighted by Crippen LogP contribution is -2.26. The SMILES string of the molecule is NC(CCc1ccccc1)SC(=O)C(F)(F)F. The number of alkyl halides is 3. The fourth-order valence-electron chi connectivity index (χ4n) is 1.22. The van der Waals surface area contributed by atoms with E-state index in [1.54, 1.807) is 0 Å². The van der Waals surface area contributed by atoms with E-state index in [4.69, 9.17) is 5.73 Å². The Kier molecular flexibility index (Phi) is 5.02. The number of rotatable bonds is 4. The third-order valence-corrected chi connectivity index (χ3v) is 3.03. The summed E-state index contributed by atoms with van der Waals surface area (Å²) in [6.07, 6.45) is -3.92. The number of carbonyl (C=O) groups excluding carboxylic acids is 1. The molecule has 0 saturated heterocycles. The number of hydrogen-bond acceptors (Lipinski definition) is 3. The van der Waals surface area contributed by atoms with Crippen LogP contribution >= 0.6 is 11.8 Å². The smallest absolute Gasteiger partial charge is 0.319 e. The minimum atomic E-state index is -4.81. The molecule has 6 heteroatoms. The number of nitrogens with two attached hydrogens (primary N) is 1. The van der Waals surface area contributed by atoms with Crippen molar-refractivity contribution < 1.29 is 18.0 Å². The first kappa shape index (κ1) is 14.1. The summed E-state index contributed by atoms with van der Waals surface area (Å²) < 4.78 is 35.8. The van der Waals surface area contributed by atoms with Crippen molar-refractivity contribution in [3.05, 3.63) is 35.9 Å². The molecule has 94 valence electrons. The molecule has 0 aliphatic heterocycles. The van der Waals surface area contributed by atoms with Crippen molar-refractivity contribution in [3.8, 4) is 0 Å². The van der Waals surface area contributed by atoms with Gasteiger partial charge in [-0.15, -0.1) is 0 Å². The molecule has 17 heavy (non-hydrogen) atoms. The lowest BCUT2D eigenvalue weighted by Gasteiger charge is -2.11. The maximum atomic E-state index is 11.9. The Morgan fingerprint density at radius 2 is 1.88 bits per heavy atom. The molecule has 0 fully saturated rings. The highest BCUT2D eigenvalue weighted by molar-refractivity contribution is 8.14. The van der Waals surface area contributed by atoms with Gasteiger partial charge in [-0.3, -0.25) is 4.79 Å². The highest BCUT2D eigenvalue weighted by Gasteiger charge is 2.39. The summed E-state index contributed by atoms with van der Waals surface area (Å²) in [4.78, 5) is 10.6. The molecule has 1 unspecified atom stereocenters. The summed E-state index contributed by atoms with van der Waals surface area (Å²) in [7, 11) is 0. The largest absolute Gasteiger partial charge is 0.460 e. The predicted octanol–water partition coefficient (Wildman–Crippen LogP) is 2.73. The van der Waals surface area contributed by atoms with Gasteiger partial charge in [0.2, 0.25) is 0 Å². The molecule has 1 rings (SSSR count). The quantitative estimate of drug-likeness (QED) is 0.849. The van der Waals surface area contributed by atoms with Gasteiger partial charge in [-0.05, 0) is 18.4 Å². The van der Waals surface area contributed by atoms with Gasteiger partial charge in [0.05, 0.1) is 5.37 Å². The van der Waals surface area contributed by atoms with Crippen LogP contribution in [0.3, 0.4) is 0 Å². The van der Waals surface area contributed by atoms with Crippen LogP contribution in [-0.2, 0) is 11.2 Å². The molecule has 2 N–H and O–H groups in total. The summed E-state index contributed by atoms with van der Waals surface area (Å²) in [6.45, 7) is 0. The Morgan fingerprint density at radius 3 is 2.41 bits per heavy atom. The van der Waals surface area contributed by atoms with Crippen LogP contribution in [0.15, 0.2) is 30.3 Å². The Labute approximate surface area is 101 Å². The van der Waals surface area contributed by atoms with E-state index in [1.165, 1.54) is 0 Å². The molecule has 1 aromatic rings. The van der Waals surface area contributed by atoms with Crippen molar-refractivity contribution in [2.75, 3.05) is 0 Å². The summed E-state index contributed by atoms with van der Waals surface area (Å²) in [5, 5.41) is -2.66. The monoisotopic (exact) mass is 263 g/mol. The molecule has 0 heterocycles. The minimum Gasteiger partial charge on any atom is -0.319 e. The first-order valence-corrected chi connectivity index (χ1v) is 5.85. The normalized spacial score (nSPS) is 13.4. The fraction of sp³-hybridized carbons (Fsp3) is 0.364. The topological polar surface area (TPSA) is 43.1 Å². The van der Waals surface area contributed by atoms with Crippen LogP contribution in [0.2, 0.25) is 0 Å². The van der Waals surface area contributed by atoms with Crippen LogP contribution in [0.1, 0.15) is 12.0 Å². The lowest BCUT2D eigenvalue weighted by atomic mass is 10.1. The van der Waals surface area contributed by atoms with Crippen molar-refractivity contribution in [2.24, 2.45) is 5.73 Å². The summed E-state index contributed by atoms with van der Waals surface area (Å²) in [6, 6.07) is 9.26. The number of hydrogen-bond donors (Lipinski definition) is 1. The molecule has 0 spiro atoms. The Hall–Kier alpha value is -1.01. The number of carbonyl (C=O) groups is 1. The van der Waals surface area contributed by atoms with E-state index < -0.39 is 16.7 Å². The molecule has 0 aliphatic carbocycles. The predicted molar refractivity (Wildman–Crippen MR) is 61.4 cm³/mol. The molecule has 0 aromatic heterocycles. The van der Waals surface area contributed by atoms with Gasteiger partial charge in [0.1, 0.15) is 0 Å². The first-order valence-electron chi connectivity index (χ1n) is 4.97. The average molecular weight is 263 g/mol. The van der Waals surface area contributed by atoms with Crippen molar-refractivity contribution in [2.45, 2.75) is 24.4 Å². The van der Waals surface area contributed by atoms with Crippen LogP contribution in [0, 0.1) is 0 Å². The molecule has 0 aliphatic rings. The van der Waals surface area contributed by atoms with Gasteiger partial charge in [0.15, 0.2) is 0 Å². The van der Waals surface area contributed by atoms with Crippen molar-refractivity contribution in [1.82, 2.24) is 0 Å². The zero-order valence-corrected chi connectivity index (χ0v) is 9.72. The highest BCUT2D eigenvalue weighted by Crippen LogP contribution is 2.26. The lowest BCUT2D eigenvalue weighted by molar-refractivity contribution is -0.160. The first-order chi connectivity index (χ1) is 7.89. The third kappa shape index (κ3) is 5.23. The van der Waals surface area contributed by atoms with Crippen LogP contribution in [0.25, 0.3) is 0 Å². The standard InChI is InChI=1S/C11H12F3NOS/c12-11(13,14)10(16)17-9(15)7-6-8-4-2-1-3-5-8/h1-5,9H,6-7,15H2. The van der Waals surface area contributed by atoms with Crippen LogP contribution in [0.5, 0.6) is 0 Å². The van der Waals surface area contributed by atoms with Crippen molar-refractivity contribution >= 4 is 16.9 Å². The van der Waals surface area contributed by atoms with E-state index in [1.807, 2.05) is 30.3 Å². The highest BCUT2D eigenvalue weighted by atomic mass is 32.2. The van der Waals surface area contributed by atoms with Gasteiger partial charge >= 0.3 is 6.18 Å². The maximum Gasteiger partial charge on any atom is 0.460 e. The van der Waals surface area contributed by atoms with Gasteiger partial charge in [-0.25, -0.2) is 0 Å². The molecule has 0 saturated carbocycles. The molecular formula is C11H12F3NOS. The molecular weight excluding hydrogens is 251 g/mol. The van der Waals surface area contributed by atoms with E-state index in [9.17, 15) is 18.0 Å². The molecule has 0 bridgehead atoms. The van der Waals surface area contributed by atoms with Crippen LogP contribution in [0.4, 0.5) is 13.2 Å². The molecule has 1 atom stereocenters. The van der Waals surface area contributed by atoms with Gasteiger partial charge in [-0.2, -0.15) is 13.2 Å². The van der Waals surface area contributed by atoms with Crippen molar-refractivity contribution in [1.29, 1.82) is 0 Å². The Bertz CT molecular complexity index is 367. The molecule has 2 nitrogen and oxygen atoms in total. The third-order valence-electron chi connectivity index (χ3n) is 2.05. The molecule has 0 radical (unpaired) electrons. The van der Waals surface area contributed by atoms with Crippen LogP contribution in [-0.4, -0.2) is 16.7 Å². The van der Waals surface area contributed by atoms with Crippen molar-refractivity contribution in [3.63, 3.8) is 0 Å². The van der Waals surface area contributed by atoms with Crippen LogP contribution < -0.4 is 5.73 Å². The minimum absolute atomic E-state index is 0.140. The Morgan fingerprint density at radius 1 is 1.29 bits per heavy atom. The number of thioether (sulfide) groups is 1. The number of benzene rings is 1. The van der Waals surface area contributed by atoms with E-state index >= 15 is 0 Å². The summed E-state index contributed by atoms with van der Waals surface area (Å²) in [5.41, 5.74) is 6.45. The Balaban J connectivity index is 2.36. The van der Waals surface area contributed by atoms with E-state index in [-0.39, 0.29) is 11.8 Å². The molecule has 1 aromatic carbocycles. The van der Waals surface area contributed by atoms with Gasteiger partial charge in [0, 0.05) is 0 Å². The van der Waals surface area contributed by atoms with Gasteiger partial charge < -0.3 is 5.73 Å². The van der Waals surface area contributed by atoms with E-state index in [0.717, 1.165) is 5.56 Å². The van der Waals surface area contributed by atoms with E-state index in [2.05, 4.69) is 0 Å². The summed E-state index contributed by atoms with van der Waals surface area (Å²) in [5.74, 6) is 0. The van der Waals surface area contributed by atoms with Gasteiger partial charge in [-0.1, -0.05) is 42.1 Å². The summed E-state index contributed by atoms with van der Waals surface area (Å²) >= 11 is 0.140. The maximum absolute atomic E-state index is 11.9. The number of aryl methyl sites for hydroxylation is 1. The van der Waals surface area contributed by atoms with E-state index in [0.29, 0.717) is 12.8 Å². The fourth-order valence-corrected chi connectivity index (χ4v) is 1.86. The number of halogens is 3.